The third-order valence-electron chi connectivity index (χ3n) is 2.51. The minimum atomic E-state index is -4.79. The van der Waals surface area contributed by atoms with E-state index in [0.29, 0.717) is 6.07 Å². The van der Waals surface area contributed by atoms with Gasteiger partial charge in [-0.2, -0.15) is 13.2 Å². The van der Waals surface area contributed by atoms with Crippen molar-refractivity contribution >= 4 is 17.3 Å². The van der Waals surface area contributed by atoms with Gasteiger partial charge in [-0.3, -0.25) is 0 Å². The molecule has 0 amide bonds. The van der Waals surface area contributed by atoms with Crippen LogP contribution in [-0.2, 0) is 10.9 Å². The molecule has 0 saturated carbocycles. The maximum atomic E-state index is 13.2. The molecule has 0 aliphatic rings. The van der Waals surface area contributed by atoms with Crippen LogP contribution in [0.5, 0.6) is 0 Å². The second-order valence-electron chi connectivity index (χ2n) is 3.95. The zero-order valence-corrected chi connectivity index (χ0v) is 11.5. The Balaban J connectivity index is 2.37. The van der Waals surface area contributed by atoms with Crippen LogP contribution in [-0.4, -0.2) is 17.6 Å². The number of aromatic nitrogens is 1. The molecule has 0 spiro atoms. The summed E-state index contributed by atoms with van der Waals surface area (Å²) in [5, 5.41) is 1.56. The number of alkyl halides is 3. The van der Waals surface area contributed by atoms with Gasteiger partial charge in [-0.1, -0.05) is 0 Å². The molecule has 3 nitrogen and oxygen atoms in total. The molecule has 0 N–H and O–H groups in total. The highest BCUT2D eigenvalue weighted by molar-refractivity contribution is 7.13. The molecule has 1 heterocycles. The summed E-state index contributed by atoms with van der Waals surface area (Å²) in [6, 6.07) is 2.57. The average molecular weight is 319 g/mol. The second kappa shape index (κ2) is 5.80. The van der Waals surface area contributed by atoms with Crippen LogP contribution in [0.1, 0.15) is 23.0 Å². The normalized spacial score (nSPS) is 11.5. The number of hydrogen-bond acceptors (Lipinski definition) is 4. The number of hydrogen-bond donors (Lipinski definition) is 0. The van der Waals surface area contributed by atoms with Gasteiger partial charge in [0.15, 0.2) is 5.69 Å². The molecule has 1 aromatic heterocycles. The zero-order valence-electron chi connectivity index (χ0n) is 10.7. The number of nitrogens with zero attached hydrogens (tertiary/aromatic N) is 1. The monoisotopic (exact) mass is 319 g/mol. The fourth-order valence-electron chi connectivity index (χ4n) is 1.58. The van der Waals surface area contributed by atoms with Crippen LogP contribution >= 0.6 is 11.3 Å². The van der Waals surface area contributed by atoms with Crippen molar-refractivity contribution in [1.82, 2.24) is 4.98 Å². The molecule has 2 rings (SSSR count). The summed E-state index contributed by atoms with van der Waals surface area (Å²) in [6.45, 7) is 1.79. The molecule has 112 valence electrons. The van der Waals surface area contributed by atoms with E-state index >= 15 is 0 Å². The largest absolute Gasteiger partial charge is 0.461 e. The van der Waals surface area contributed by atoms with Gasteiger partial charge in [0.2, 0.25) is 0 Å². The van der Waals surface area contributed by atoms with E-state index < -0.39 is 23.5 Å². The molecule has 0 aliphatic heterocycles. The SMILES string of the molecule is CCOC(=O)c1csc(-c2ccc(F)c(C(F)(F)F)c2)n1. The van der Waals surface area contributed by atoms with Gasteiger partial charge in [0.25, 0.3) is 0 Å². The van der Waals surface area contributed by atoms with Crippen molar-refractivity contribution in [3.05, 3.63) is 40.7 Å². The number of ether oxygens (including phenoxy) is 1. The van der Waals surface area contributed by atoms with E-state index in [-0.39, 0.29) is 22.9 Å². The van der Waals surface area contributed by atoms with Crippen LogP contribution in [0.2, 0.25) is 0 Å². The van der Waals surface area contributed by atoms with Crippen LogP contribution in [0.25, 0.3) is 10.6 Å². The summed E-state index contributed by atoms with van der Waals surface area (Å²) in [5.74, 6) is -2.01. The van der Waals surface area contributed by atoms with Gasteiger partial charge < -0.3 is 4.74 Å². The first-order valence-electron chi connectivity index (χ1n) is 5.82. The molecular weight excluding hydrogens is 310 g/mol. The topological polar surface area (TPSA) is 39.2 Å². The van der Waals surface area contributed by atoms with Crippen molar-refractivity contribution in [3.8, 4) is 10.6 Å². The standard InChI is InChI=1S/C13H9F4NO2S/c1-2-20-12(19)10-6-21-11(18-10)7-3-4-9(14)8(5-7)13(15,16)17/h3-6H,2H2,1H3. The Morgan fingerprint density at radius 2 is 2.10 bits per heavy atom. The summed E-state index contributed by atoms with van der Waals surface area (Å²) < 4.78 is 55.9. The Morgan fingerprint density at radius 3 is 2.71 bits per heavy atom. The number of carbonyl (C=O) groups excluding carboxylic acids is 1. The highest BCUT2D eigenvalue weighted by Gasteiger charge is 2.34. The molecular formula is C13H9F4NO2S. The number of thiazole rings is 1. The summed E-state index contributed by atoms with van der Waals surface area (Å²) in [6.07, 6.45) is -4.79. The Labute approximate surface area is 121 Å². The molecule has 1 aromatic carbocycles. The lowest BCUT2D eigenvalue weighted by Crippen LogP contribution is -2.08. The Hall–Kier alpha value is -1.96. The van der Waals surface area contributed by atoms with Crippen molar-refractivity contribution in [2.75, 3.05) is 6.61 Å². The van der Waals surface area contributed by atoms with Crippen molar-refractivity contribution in [2.24, 2.45) is 0 Å². The van der Waals surface area contributed by atoms with Gasteiger partial charge in [-0.15, -0.1) is 11.3 Å². The van der Waals surface area contributed by atoms with E-state index in [4.69, 9.17) is 4.74 Å². The third-order valence-corrected chi connectivity index (χ3v) is 3.40. The van der Waals surface area contributed by atoms with Gasteiger partial charge in [0.1, 0.15) is 10.8 Å². The lowest BCUT2D eigenvalue weighted by atomic mass is 10.1. The molecule has 0 saturated heterocycles. The third kappa shape index (κ3) is 3.38. The first kappa shape index (κ1) is 15.4. The average Bonchev–Trinajstić information content (AvgIpc) is 2.88. The van der Waals surface area contributed by atoms with Crippen LogP contribution in [0.4, 0.5) is 17.6 Å². The predicted octanol–water partition coefficient (Wildman–Crippen LogP) is 4.14. The van der Waals surface area contributed by atoms with Crippen molar-refractivity contribution in [2.45, 2.75) is 13.1 Å². The summed E-state index contributed by atoms with van der Waals surface area (Å²) in [7, 11) is 0. The van der Waals surface area contributed by atoms with E-state index in [9.17, 15) is 22.4 Å². The van der Waals surface area contributed by atoms with E-state index in [0.717, 1.165) is 17.4 Å². The van der Waals surface area contributed by atoms with Crippen LogP contribution < -0.4 is 0 Å². The molecule has 0 unspecified atom stereocenters. The lowest BCUT2D eigenvalue weighted by molar-refractivity contribution is -0.139. The van der Waals surface area contributed by atoms with Crippen molar-refractivity contribution < 1.29 is 27.1 Å². The maximum absolute atomic E-state index is 13.2. The van der Waals surface area contributed by atoms with E-state index in [2.05, 4.69) is 4.98 Å². The Kier molecular flexibility index (Phi) is 4.26. The quantitative estimate of drug-likeness (QED) is 0.630. The van der Waals surface area contributed by atoms with Gasteiger partial charge in [0.05, 0.1) is 12.2 Å². The highest BCUT2D eigenvalue weighted by atomic mass is 32.1. The Bertz CT molecular complexity index is 666. The number of carbonyl (C=O) groups is 1. The fourth-order valence-corrected chi connectivity index (χ4v) is 2.37. The van der Waals surface area contributed by atoms with Crippen LogP contribution in [0, 0.1) is 5.82 Å². The van der Waals surface area contributed by atoms with Crippen molar-refractivity contribution in [1.29, 1.82) is 0 Å². The summed E-state index contributed by atoms with van der Waals surface area (Å²) in [4.78, 5) is 15.4. The predicted molar refractivity (Wildman–Crippen MR) is 68.5 cm³/mol. The van der Waals surface area contributed by atoms with E-state index in [1.54, 1.807) is 6.92 Å². The number of halogens is 4. The first-order valence-corrected chi connectivity index (χ1v) is 6.70. The summed E-state index contributed by atoms with van der Waals surface area (Å²) in [5.41, 5.74) is -1.27. The van der Waals surface area contributed by atoms with Crippen molar-refractivity contribution in [3.63, 3.8) is 0 Å². The molecule has 2 aromatic rings. The van der Waals surface area contributed by atoms with Crippen LogP contribution in [0.15, 0.2) is 23.6 Å². The molecule has 0 atom stereocenters. The zero-order chi connectivity index (χ0) is 15.6. The van der Waals surface area contributed by atoms with Crippen LogP contribution in [0.3, 0.4) is 0 Å². The number of benzene rings is 1. The second-order valence-corrected chi connectivity index (χ2v) is 4.81. The summed E-state index contributed by atoms with van der Waals surface area (Å²) >= 11 is 0.980. The Morgan fingerprint density at radius 1 is 1.38 bits per heavy atom. The van der Waals surface area contributed by atoms with Gasteiger partial charge in [-0.05, 0) is 25.1 Å². The molecule has 0 radical (unpaired) electrons. The molecule has 8 heteroatoms. The smallest absolute Gasteiger partial charge is 0.419 e. The molecule has 0 bridgehead atoms. The van der Waals surface area contributed by atoms with Gasteiger partial charge in [0, 0.05) is 10.9 Å². The minimum Gasteiger partial charge on any atom is -0.461 e. The minimum absolute atomic E-state index is 0.00901. The maximum Gasteiger partial charge on any atom is 0.419 e. The number of rotatable bonds is 3. The highest BCUT2D eigenvalue weighted by Crippen LogP contribution is 2.35. The molecule has 0 fully saturated rings. The number of esters is 1. The van der Waals surface area contributed by atoms with E-state index in [1.807, 2.05) is 0 Å². The molecule has 0 aliphatic carbocycles. The van der Waals surface area contributed by atoms with E-state index in [1.165, 1.54) is 11.4 Å². The molecule has 21 heavy (non-hydrogen) atoms. The fraction of sp³-hybridized carbons (Fsp3) is 0.231. The van der Waals surface area contributed by atoms with Gasteiger partial charge in [-0.25, -0.2) is 14.2 Å². The lowest BCUT2D eigenvalue weighted by Gasteiger charge is -2.08. The first-order chi connectivity index (χ1) is 9.82. The van der Waals surface area contributed by atoms with Gasteiger partial charge >= 0.3 is 12.1 Å².